The van der Waals surface area contributed by atoms with Crippen molar-refractivity contribution in [3.63, 3.8) is 0 Å². The van der Waals surface area contributed by atoms with Crippen LogP contribution < -0.4 is 0 Å². The standard InChI is InChI=1S/C9H12F5NO/c1-5(2)15-6(3)4-7(16)8(10,11)9(12,13)14/h5H,4H2,1-3H3. The van der Waals surface area contributed by atoms with Crippen molar-refractivity contribution in [2.45, 2.75) is 45.3 Å². The average molecular weight is 245 g/mol. The van der Waals surface area contributed by atoms with Gasteiger partial charge in [0.25, 0.3) is 0 Å². The van der Waals surface area contributed by atoms with Gasteiger partial charge in [0.1, 0.15) is 0 Å². The van der Waals surface area contributed by atoms with Crippen molar-refractivity contribution in [1.82, 2.24) is 0 Å². The molecule has 0 radical (unpaired) electrons. The van der Waals surface area contributed by atoms with Gasteiger partial charge < -0.3 is 0 Å². The normalized spacial score (nSPS) is 14.4. The predicted molar refractivity (Wildman–Crippen MR) is 48.9 cm³/mol. The van der Waals surface area contributed by atoms with Crippen LogP contribution in [0, 0.1) is 0 Å². The van der Waals surface area contributed by atoms with Crippen LogP contribution in [0.3, 0.4) is 0 Å². The van der Waals surface area contributed by atoms with Gasteiger partial charge in [-0.2, -0.15) is 22.0 Å². The second-order valence-corrected chi connectivity index (χ2v) is 3.63. The highest BCUT2D eigenvalue weighted by molar-refractivity contribution is 6.04. The van der Waals surface area contributed by atoms with Gasteiger partial charge in [-0.1, -0.05) is 0 Å². The summed E-state index contributed by atoms with van der Waals surface area (Å²) in [4.78, 5) is 14.5. The Balaban J connectivity index is 4.72. The third-order valence-corrected chi connectivity index (χ3v) is 1.60. The molecular weight excluding hydrogens is 233 g/mol. The maximum Gasteiger partial charge on any atom is 0.461 e. The highest BCUT2D eigenvalue weighted by Crippen LogP contribution is 2.36. The van der Waals surface area contributed by atoms with E-state index in [0.717, 1.165) is 0 Å². The lowest BCUT2D eigenvalue weighted by Gasteiger charge is -2.18. The maximum atomic E-state index is 12.5. The van der Waals surface area contributed by atoms with Gasteiger partial charge in [0.2, 0.25) is 5.78 Å². The molecule has 0 saturated heterocycles. The molecule has 0 N–H and O–H groups in total. The first kappa shape index (κ1) is 15.0. The largest absolute Gasteiger partial charge is 0.461 e. The Bertz CT molecular complexity index is 293. The summed E-state index contributed by atoms with van der Waals surface area (Å²) in [6.07, 6.45) is -6.84. The summed E-state index contributed by atoms with van der Waals surface area (Å²) in [5.41, 5.74) is -0.0380. The number of carbonyl (C=O) groups is 1. The van der Waals surface area contributed by atoms with Crippen molar-refractivity contribution >= 4 is 11.5 Å². The Labute approximate surface area is 89.5 Å². The first-order valence-corrected chi connectivity index (χ1v) is 4.49. The van der Waals surface area contributed by atoms with Crippen molar-refractivity contribution in [2.24, 2.45) is 4.99 Å². The summed E-state index contributed by atoms with van der Waals surface area (Å²) >= 11 is 0. The minimum Gasteiger partial charge on any atom is -0.292 e. The molecule has 0 rings (SSSR count). The first-order valence-electron chi connectivity index (χ1n) is 4.49. The van der Waals surface area contributed by atoms with E-state index in [1.807, 2.05) is 0 Å². The second kappa shape index (κ2) is 4.88. The fourth-order valence-electron chi connectivity index (χ4n) is 0.988. The van der Waals surface area contributed by atoms with E-state index in [1.165, 1.54) is 6.92 Å². The molecule has 0 aliphatic heterocycles. The highest BCUT2D eigenvalue weighted by Gasteiger charge is 2.62. The number of alkyl halides is 5. The van der Waals surface area contributed by atoms with Gasteiger partial charge in [-0.3, -0.25) is 9.79 Å². The number of Topliss-reactive ketones (excluding diaryl/α,β-unsaturated/α-hetero) is 1. The number of rotatable bonds is 4. The molecule has 0 unspecified atom stereocenters. The quantitative estimate of drug-likeness (QED) is 0.553. The molecule has 2 nitrogen and oxygen atoms in total. The predicted octanol–water partition coefficient (Wildman–Crippen LogP) is 3.01. The smallest absolute Gasteiger partial charge is 0.292 e. The summed E-state index contributed by atoms with van der Waals surface area (Å²) in [7, 11) is 0. The lowest BCUT2D eigenvalue weighted by molar-refractivity contribution is -0.268. The van der Waals surface area contributed by atoms with Crippen molar-refractivity contribution in [3.8, 4) is 0 Å². The SMILES string of the molecule is CC(CC(=O)C(F)(F)C(F)(F)F)=NC(C)C. The van der Waals surface area contributed by atoms with Crippen molar-refractivity contribution < 1.29 is 26.7 Å². The van der Waals surface area contributed by atoms with E-state index in [0.29, 0.717) is 0 Å². The topological polar surface area (TPSA) is 29.4 Å². The van der Waals surface area contributed by atoms with E-state index in [2.05, 4.69) is 4.99 Å². The Morgan fingerprint density at radius 2 is 1.62 bits per heavy atom. The Morgan fingerprint density at radius 3 is 1.94 bits per heavy atom. The summed E-state index contributed by atoms with van der Waals surface area (Å²) in [6, 6.07) is -0.257. The average Bonchev–Trinajstić information content (AvgIpc) is 1.99. The lowest BCUT2D eigenvalue weighted by atomic mass is 10.1. The van der Waals surface area contributed by atoms with Crippen LogP contribution >= 0.6 is 0 Å². The number of hydrogen-bond donors (Lipinski definition) is 0. The molecule has 0 heterocycles. The van der Waals surface area contributed by atoms with Crippen LogP contribution in [0.1, 0.15) is 27.2 Å². The number of nitrogens with zero attached hydrogens (tertiary/aromatic N) is 1. The molecule has 0 bridgehead atoms. The van der Waals surface area contributed by atoms with Crippen molar-refractivity contribution in [3.05, 3.63) is 0 Å². The third-order valence-electron chi connectivity index (χ3n) is 1.60. The van der Waals surface area contributed by atoms with E-state index in [9.17, 15) is 26.7 Å². The van der Waals surface area contributed by atoms with Gasteiger partial charge in [-0.15, -0.1) is 0 Å². The van der Waals surface area contributed by atoms with E-state index < -0.39 is 24.3 Å². The minimum absolute atomic E-state index is 0.0380. The minimum atomic E-state index is -5.85. The molecule has 0 amide bonds. The molecule has 7 heteroatoms. The van der Waals surface area contributed by atoms with Crippen LogP contribution in [-0.4, -0.2) is 29.6 Å². The van der Waals surface area contributed by atoms with Gasteiger partial charge in [-0.25, -0.2) is 0 Å². The summed E-state index contributed by atoms with van der Waals surface area (Å²) in [5, 5.41) is 0. The maximum absolute atomic E-state index is 12.5. The summed E-state index contributed by atoms with van der Waals surface area (Å²) in [6.45, 7) is 4.48. The van der Waals surface area contributed by atoms with Crippen LogP contribution in [0.15, 0.2) is 4.99 Å². The zero-order chi connectivity index (χ0) is 13.1. The molecular formula is C9H12F5NO. The van der Waals surface area contributed by atoms with Gasteiger partial charge >= 0.3 is 12.1 Å². The van der Waals surface area contributed by atoms with E-state index in [4.69, 9.17) is 0 Å². The van der Waals surface area contributed by atoms with Crippen LogP contribution in [0.4, 0.5) is 22.0 Å². The van der Waals surface area contributed by atoms with Crippen LogP contribution in [0.5, 0.6) is 0 Å². The molecule has 0 aromatic heterocycles. The van der Waals surface area contributed by atoms with Crippen molar-refractivity contribution in [2.75, 3.05) is 0 Å². The molecule has 0 atom stereocenters. The second-order valence-electron chi connectivity index (χ2n) is 3.63. The Hall–Kier alpha value is -1.01. The first-order chi connectivity index (χ1) is 6.98. The van der Waals surface area contributed by atoms with E-state index in [-0.39, 0.29) is 11.8 Å². The molecule has 0 saturated carbocycles. The van der Waals surface area contributed by atoms with Crippen LogP contribution in [-0.2, 0) is 4.79 Å². The number of hydrogen-bond acceptors (Lipinski definition) is 2. The molecule has 0 spiro atoms. The molecule has 0 fully saturated rings. The molecule has 0 aromatic rings. The van der Waals surface area contributed by atoms with Crippen LogP contribution in [0.25, 0.3) is 0 Å². The molecule has 0 aliphatic carbocycles. The Morgan fingerprint density at radius 1 is 1.19 bits per heavy atom. The number of ketones is 1. The number of aliphatic imine (C=N–C) groups is 1. The number of carbonyl (C=O) groups excluding carboxylic acids is 1. The molecule has 94 valence electrons. The fourth-order valence-corrected chi connectivity index (χ4v) is 0.988. The van der Waals surface area contributed by atoms with E-state index in [1.54, 1.807) is 13.8 Å². The highest BCUT2D eigenvalue weighted by atomic mass is 19.4. The molecule has 0 aliphatic rings. The zero-order valence-corrected chi connectivity index (χ0v) is 9.03. The van der Waals surface area contributed by atoms with Gasteiger partial charge in [0.15, 0.2) is 0 Å². The third kappa shape index (κ3) is 3.86. The summed E-state index contributed by atoms with van der Waals surface area (Å²) < 4.78 is 60.3. The molecule has 16 heavy (non-hydrogen) atoms. The van der Waals surface area contributed by atoms with Crippen molar-refractivity contribution in [1.29, 1.82) is 0 Å². The lowest BCUT2D eigenvalue weighted by Crippen LogP contribution is -2.44. The zero-order valence-electron chi connectivity index (χ0n) is 9.03. The van der Waals surface area contributed by atoms with Gasteiger partial charge in [0, 0.05) is 11.8 Å². The van der Waals surface area contributed by atoms with Gasteiger partial charge in [0.05, 0.1) is 6.42 Å². The monoisotopic (exact) mass is 245 g/mol. The van der Waals surface area contributed by atoms with Gasteiger partial charge in [-0.05, 0) is 20.8 Å². The fraction of sp³-hybridized carbons (Fsp3) is 0.778. The van der Waals surface area contributed by atoms with Crippen LogP contribution in [0.2, 0.25) is 0 Å². The Kier molecular flexibility index (Phi) is 4.57. The number of halogens is 5. The summed E-state index contributed by atoms with van der Waals surface area (Å²) in [5.74, 6) is -7.48. The van der Waals surface area contributed by atoms with E-state index >= 15 is 0 Å². The molecule has 0 aromatic carbocycles.